The molecule has 0 radical (unpaired) electrons. The molecule has 1 amide bonds. The summed E-state index contributed by atoms with van der Waals surface area (Å²) in [5, 5.41) is 4.43. The van der Waals surface area contributed by atoms with E-state index in [4.69, 9.17) is 4.42 Å². The Balaban J connectivity index is 1.48. The molecule has 3 aromatic carbocycles. The van der Waals surface area contributed by atoms with E-state index in [1.165, 1.54) is 4.31 Å². The topological polar surface area (TPSA) is 79.6 Å². The van der Waals surface area contributed by atoms with Gasteiger partial charge in [-0.2, -0.15) is 4.31 Å². The number of benzene rings is 3. The van der Waals surface area contributed by atoms with Gasteiger partial charge in [0.2, 0.25) is 10.0 Å². The van der Waals surface area contributed by atoms with Gasteiger partial charge in [0.05, 0.1) is 4.90 Å². The summed E-state index contributed by atoms with van der Waals surface area (Å²) in [6.45, 7) is 3.10. The van der Waals surface area contributed by atoms with Crippen LogP contribution in [0.25, 0.3) is 21.9 Å². The molecule has 1 aliphatic heterocycles. The number of carbonyl (C=O) groups is 1. The van der Waals surface area contributed by atoms with Crippen molar-refractivity contribution in [1.82, 2.24) is 4.31 Å². The summed E-state index contributed by atoms with van der Waals surface area (Å²) in [4.78, 5) is 12.8. The van der Waals surface area contributed by atoms with E-state index in [9.17, 15) is 13.2 Å². The van der Waals surface area contributed by atoms with E-state index in [-0.39, 0.29) is 10.8 Å². The molecule has 0 unspecified atom stereocenters. The first kappa shape index (κ1) is 19.8. The van der Waals surface area contributed by atoms with Crippen LogP contribution < -0.4 is 5.32 Å². The summed E-state index contributed by atoms with van der Waals surface area (Å²) in [7, 11) is -3.50. The predicted molar refractivity (Wildman–Crippen MR) is 121 cm³/mol. The first-order valence-corrected chi connectivity index (χ1v) is 11.7. The largest absolute Gasteiger partial charge is 0.456 e. The van der Waals surface area contributed by atoms with Gasteiger partial charge in [-0.1, -0.05) is 17.7 Å². The van der Waals surface area contributed by atoms with E-state index in [1.807, 2.05) is 25.1 Å². The van der Waals surface area contributed by atoms with Crippen molar-refractivity contribution in [2.75, 3.05) is 18.4 Å². The minimum absolute atomic E-state index is 0.200. The number of anilines is 1. The van der Waals surface area contributed by atoms with Gasteiger partial charge in [-0.3, -0.25) is 4.79 Å². The maximum absolute atomic E-state index is 12.9. The third-order valence-electron chi connectivity index (χ3n) is 5.72. The molecule has 1 fully saturated rings. The van der Waals surface area contributed by atoms with Crippen LogP contribution in [0, 0.1) is 6.92 Å². The predicted octanol–water partition coefficient (Wildman–Crippen LogP) is 4.93. The minimum atomic E-state index is -3.50. The number of nitrogens with one attached hydrogen (secondary N) is 1. The number of amides is 1. The van der Waals surface area contributed by atoms with Gasteiger partial charge in [0.25, 0.3) is 5.91 Å². The van der Waals surface area contributed by atoms with Crippen molar-refractivity contribution in [2.24, 2.45) is 0 Å². The monoisotopic (exact) mass is 434 g/mol. The molecule has 2 heterocycles. The molecule has 31 heavy (non-hydrogen) atoms. The molecule has 0 spiro atoms. The Kier molecular flexibility index (Phi) is 4.79. The zero-order valence-corrected chi connectivity index (χ0v) is 17.9. The van der Waals surface area contributed by atoms with E-state index in [0.717, 1.165) is 29.2 Å². The molecule has 0 aliphatic carbocycles. The number of fused-ring (bicyclic) bond motifs is 3. The van der Waals surface area contributed by atoms with Gasteiger partial charge < -0.3 is 9.73 Å². The van der Waals surface area contributed by atoms with Gasteiger partial charge >= 0.3 is 0 Å². The first-order chi connectivity index (χ1) is 14.9. The number of hydrogen-bond acceptors (Lipinski definition) is 4. The van der Waals surface area contributed by atoms with Gasteiger partial charge in [-0.05, 0) is 62.2 Å². The van der Waals surface area contributed by atoms with Crippen LogP contribution in [0.15, 0.2) is 70.0 Å². The second-order valence-corrected chi connectivity index (χ2v) is 9.84. The Morgan fingerprint density at radius 2 is 1.65 bits per heavy atom. The van der Waals surface area contributed by atoms with E-state index in [0.29, 0.717) is 35.5 Å². The molecule has 1 aromatic heterocycles. The van der Waals surface area contributed by atoms with Crippen LogP contribution in [0.3, 0.4) is 0 Å². The molecule has 0 bridgehead atoms. The van der Waals surface area contributed by atoms with Crippen molar-refractivity contribution in [2.45, 2.75) is 24.7 Å². The van der Waals surface area contributed by atoms with Gasteiger partial charge in [0.1, 0.15) is 11.2 Å². The Bertz CT molecular complexity index is 1400. The molecule has 4 aromatic rings. The summed E-state index contributed by atoms with van der Waals surface area (Å²) >= 11 is 0. The Morgan fingerprint density at radius 1 is 0.903 bits per heavy atom. The van der Waals surface area contributed by atoms with E-state index >= 15 is 0 Å². The fraction of sp³-hybridized carbons (Fsp3) is 0.208. The van der Waals surface area contributed by atoms with Gasteiger partial charge in [-0.15, -0.1) is 0 Å². The summed E-state index contributed by atoms with van der Waals surface area (Å²) in [6.07, 6.45) is 1.79. The molecule has 1 saturated heterocycles. The lowest BCUT2D eigenvalue weighted by Gasteiger charge is -2.15. The van der Waals surface area contributed by atoms with Crippen molar-refractivity contribution in [3.05, 3.63) is 71.8 Å². The summed E-state index contributed by atoms with van der Waals surface area (Å²) in [5.41, 5.74) is 3.48. The molecule has 1 N–H and O–H groups in total. The van der Waals surface area contributed by atoms with Crippen molar-refractivity contribution < 1.29 is 17.6 Å². The SMILES string of the molecule is Cc1ccc(C(=O)Nc2ccc3c(c2)oc2ccc(S(=O)(=O)N4CCCC4)cc23)cc1. The van der Waals surface area contributed by atoms with Gasteiger partial charge in [-0.25, -0.2) is 8.42 Å². The zero-order chi connectivity index (χ0) is 21.6. The lowest BCUT2D eigenvalue weighted by atomic mass is 10.1. The number of furan rings is 1. The van der Waals surface area contributed by atoms with Gasteiger partial charge in [0, 0.05) is 41.2 Å². The molecule has 0 atom stereocenters. The highest BCUT2D eigenvalue weighted by Crippen LogP contribution is 2.33. The van der Waals surface area contributed by atoms with Crippen LogP contribution in [-0.4, -0.2) is 31.7 Å². The molecule has 6 nitrogen and oxygen atoms in total. The average Bonchev–Trinajstić information content (AvgIpc) is 3.42. The fourth-order valence-electron chi connectivity index (χ4n) is 3.98. The lowest BCUT2D eigenvalue weighted by Crippen LogP contribution is -2.27. The van der Waals surface area contributed by atoms with E-state index in [2.05, 4.69) is 5.32 Å². The number of rotatable bonds is 4. The van der Waals surface area contributed by atoms with Crippen LogP contribution in [0.1, 0.15) is 28.8 Å². The van der Waals surface area contributed by atoms with Crippen LogP contribution in [0.2, 0.25) is 0 Å². The molecule has 7 heteroatoms. The number of nitrogens with zero attached hydrogens (tertiary/aromatic N) is 1. The minimum Gasteiger partial charge on any atom is -0.456 e. The quantitative estimate of drug-likeness (QED) is 0.494. The fourth-order valence-corrected chi connectivity index (χ4v) is 5.52. The third-order valence-corrected chi connectivity index (χ3v) is 7.61. The van der Waals surface area contributed by atoms with Crippen molar-refractivity contribution in [1.29, 1.82) is 0 Å². The standard InChI is InChI=1S/C24H22N2O4S/c1-16-4-6-17(7-5-16)24(27)25-18-8-10-20-21-15-19(9-11-22(21)30-23(20)14-18)31(28,29)26-12-2-3-13-26/h4-11,14-15H,2-3,12-13H2,1H3,(H,25,27). The van der Waals surface area contributed by atoms with Crippen molar-refractivity contribution in [3.63, 3.8) is 0 Å². The molecule has 158 valence electrons. The second kappa shape index (κ2) is 7.51. The molecular weight excluding hydrogens is 412 g/mol. The summed E-state index contributed by atoms with van der Waals surface area (Å²) in [5.74, 6) is -0.200. The highest BCUT2D eigenvalue weighted by Gasteiger charge is 2.27. The molecular formula is C24H22N2O4S. The van der Waals surface area contributed by atoms with Crippen molar-refractivity contribution >= 4 is 43.6 Å². The average molecular weight is 435 g/mol. The zero-order valence-electron chi connectivity index (χ0n) is 17.1. The number of hydrogen-bond donors (Lipinski definition) is 1. The third kappa shape index (κ3) is 3.60. The van der Waals surface area contributed by atoms with E-state index in [1.54, 1.807) is 42.5 Å². The highest BCUT2D eigenvalue weighted by atomic mass is 32.2. The molecule has 5 rings (SSSR count). The van der Waals surface area contributed by atoms with Crippen LogP contribution in [0.4, 0.5) is 5.69 Å². The van der Waals surface area contributed by atoms with Crippen LogP contribution in [0.5, 0.6) is 0 Å². The van der Waals surface area contributed by atoms with Gasteiger partial charge in [0.15, 0.2) is 0 Å². The first-order valence-electron chi connectivity index (χ1n) is 10.3. The van der Waals surface area contributed by atoms with Crippen LogP contribution in [-0.2, 0) is 10.0 Å². The highest BCUT2D eigenvalue weighted by molar-refractivity contribution is 7.89. The smallest absolute Gasteiger partial charge is 0.255 e. The summed E-state index contributed by atoms with van der Waals surface area (Å²) in [6, 6.07) is 17.7. The van der Waals surface area contributed by atoms with Crippen LogP contribution >= 0.6 is 0 Å². The van der Waals surface area contributed by atoms with Crippen molar-refractivity contribution in [3.8, 4) is 0 Å². The number of sulfonamides is 1. The maximum Gasteiger partial charge on any atom is 0.255 e. The molecule has 0 saturated carbocycles. The lowest BCUT2D eigenvalue weighted by molar-refractivity contribution is 0.102. The Morgan fingerprint density at radius 3 is 2.39 bits per heavy atom. The Labute approximate surface area is 180 Å². The Hall–Kier alpha value is -3.16. The van der Waals surface area contributed by atoms with E-state index < -0.39 is 10.0 Å². The second-order valence-electron chi connectivity index (χ2n) is 7.90. The number of aryl methyl sites for hydroxylation is 1. The summed E-state index contributed by atoms with van der Waals surface area (Å²) < 4.78 is 33.3. The number of carbonyl (C=O) groups excluding carboxylic acids is 1. The maximum atomic E-state index is 12.9. The normalized spacial score (nSPS) is 15.0. The molecule has 1 aliphatic rings.